The number of hydrogen-bond donors (Lipinski definition) is 2. The van der Waals surface area contributed by atoms with Gasteiger partial charge < -0.3 is 19.9 Å². The summed E-state index contributed by atoms with van der Waals surface area (Å²) in [6, 6.07) is 4.86. The minimum Gasteiger partial charge on any atom is -0.494 e. The Morgan fingerprint density at radius 1 is 1.42 bits per heavy atom. The summed E-state index contributed by atoms with van der Waals surface area (Å²) in [5.74, 6) is -0.126. The van der Waals surface area contributed by atoms with Crippen LogP contribution in [0.15, 0.2) is 18.2 Å². The predicted molar refractivity (Wildman–Crippen MR) is 69.7 cm³/mol. The zero-order chi connectivity index (χ0) is 13.7. The first-order valence-corrected chi connectivity index (χ1v) is 6.46. The summed E-state index contributed by atoms with van der Waals surface area (Å²) in [6.07, 6.45) is 1.27. The highest BCUT2D eigenvalue weighted by molar-refractivity contribution is 5.29. The van der Waals surface area contributed by atoms with Gasteiger partial charge in [-0.2, -0.15) is 0 Å². The van der Waals surface area contributed by atoms with Crippen LogP contribution in [0, 0.1) is 5.82 Å². The number of ether oxygens (including phenoxy) is 2. The molecule has 0 spiro atoms. The Hall–Kier alpha value is -1.17. The molecule has 1 aromatic carbocycles. The Kier molecular flexibility index (Phi) is 4.74. The van der Waals surface area contributed by atoms with E-state index >= 15 is 0 Å². The van der Waals surface area contributed by atoms with Gasteiger partial charge in [-0.05, 0) is 17.7 Å². The molecular weight excluding hydrogens is 249 g/mol. The molecular formula is C14H20FNO3. The third kappa shape index (κ3) is 3.89. The molecule has 1 aromatic rings. The van der Waals surface area contributed by atoms with E-state index in [0.29, 0.717) is 39.1 Å². The molecule has 0 atom stereocenters. The smallest absolute Gasteiger partial charge is 0.165 e. The van der Waals surface area contributed by atoms with Crippen molar-refractivity contribution in [3.05, 3.63) is 29.6 Å². The van der Waals surface area contributed by atoms with E-state index < -0.39 is 5.60 Å². The highest BCUT2D eigenvalue weighted by atomic mass is 19.1. The summed E-state index contributed by atoms with van der Waals surface area (Å²) in [5.41, 5.74) is 0.123. The molecule has 0 saturated carbocycles. The minimum absolute atomic E-state index is 0.242. The largest absolute Gasteiger partial charge is 0.494 e. The SMILES string of the molecule is COc1ccc(CNCC2(O)CCOCC2)cc1F. The fourth-order valence-corrected chi connectivity index (χ4v) is 2.19. The summed E-state index contributed by atoms with van der Waals surface area (Å²) >= 11 is 0. The summed E-state index contributed by atoms with van der Waals surface area (Å²) in [7, 11) is 1.44. The van der Waals surface area contributed by atoms with Gasteiger partial charge in [0.2, 0.25) is 0 Å². The van der Waals surface area contributed by atoms with Gasteiger partial charge in [0.15, 0.2) is 11.6 Å². The van der Waals surface area contributed by atoms with Crippen LogP contribution in [-0.4, -0.2) is 37.6 Å². The van der Waals surface area contributed by atoms with E-state index in [0.717, 1.165) is 5.56 Å². The second-order valence-electron chi connectivity index (χ2n) is 4.91. The second kappa shape index (κ2) is 6.32. The lowest BCUT2D eigenvalue weighted by Crippen LogP contribution is -2.44. The van der Waals surface area contributed by atoms with E-state index in [1.807, 2.05) is 6.07 Å². The van der Waals surface area contributed by atoms with Gasteiger partial charge in [0.05, 0.1) is 12.7 Å². The van der Waals surface area contributed by atoms with Gasteiger partial charge in [0, 0.05) is 39.1 Å². The molecule has 1 saturated heterocycles. The van der Waals surface area contributed by atoms with Crippen molar-refractivity contribution in [2.75, 3.05) is 26.9 Å². The Morgan fingerprint density at radius 2 is 2.16 bits per heavy atom. The van der Waals surface area contributed by atoms with Crippen molar-refractivity contribution in [1.82, 2.24) is 5.32 Å². The fraction of sp³-hybridized carbons (Fsp3) is 0.571. The molecule has 0 aromatic heterocycles. The van der Waals surface area contributed by atoms with Crippen molar-refractivity contribution in [2.45, 2.75) is 25.0 Å². The number of halogens is 1. The van der Waals surface area contributed by atoms with Gasteiger partial charge in [-0.15, -0.1) is 0 Å². The van der Waals surface area contributed by atoms with Crippen molar-refractivity contribution in [2.24, 2.45) is 0 Å². The third-order valence-electron chi connectivity index (χ3n) is 3.42. The van der Waals surface area contributed by atoms with Crippen LogP contribution in [-0.2, 0) is 11.3 Å². The normalized spacial score (nSPS) is 18.3. The molecule has 1 aliphatic heterocycles. The van der Waals surface area contributed by atoms with Crippen molar-refractivity contribution in [3.63, 3.8) is 0 Å². The van der Waals surface area contributed by atoms with Crippen LogP contribution in [0.25, 0.3) is 0 Å². The maximum atomic E-state index is 13.5. The quantitative estimate of drug-likeness (QED) is 0.850. The molecule has 0 aliphatic carbocycles. The van der Waals surface area contributed by atoms with Crippen LogP contribution in [0.2, 0.25) is 0 Å². The molecule has 1 fully saturated rings. The third-order valence-corrected chi connectivity index (χ3v) is 3.42. The lowest BCUT2D eigenvalue weighted by atomic mass is 9.94. The molecule has 106 valence electrons. The Balaban J connectivity index is 1.83. The maximum absolute atomic E-state index is 13.5. The summed E-state index contributed by atoms with van der Waals surface area (Å²) in [6.45, 7) is 2.19. The van der Waals surface area contributed by atoms with Crippen molar-refractivity contribution < 1.29 is 19.0 Å². The highest BCUT2D eigenvalue weighted by Crippen LogP contribution is 2.20. The number of nitrogens with one attached hydrogen (secondary N) is 1. The average Bonchev–Trinajstić information content (AvgIpc) is 2.39. The van der Waals surface area contributed by atoms with E-state index in [2.05, 4.69) is 5.32 Å². The van der Waals surface area contributed by atoms with Crippen LogP contribution in [0.1, 0.15) is 18.4 Å². The molecule has 19 heavy (non-hydrogen) atoms. The number of benzene rings is 1. The van der Waals surface area contributed by atoms with Crippen LogP contribution in [0.3, 0.4) is 0 Å². The minimum atomic E-state index is -0.705. The van der Waals surface area contributed by atoms with Gasteiger partial charge in [-0.25, -0.2) is 4.39 Å². The number of aliphatic hydroxyl groups is 1. The topological polar surface area (TPSA) is 50.7 Å². The van der Waals surface area contributed by atoms with E-state index in [1.54, 1.807) is 6.07 Å². The summed E-state index contributed by atoms with van der Waals surface area (Å²) in [5, 5.41) is 13.4. The second-order valence-corrected chi connectivity index (χ2v) is 4.91. The number of rotatable bonds is 5. The molecule has 0 radical (unpaired) electrons. The molecule has 5 heteroatoms. The first-order chi connectivity index (χ1) is 9.13. The Morgan fingerprint density at radius 3 is 2.79 bits per heavy atom. The fourth-order valence-electron chi connectivity index (χ4n) is 2.19. The molecule has 1 aliphatic rings. The molecule has 1 heterocycles. The van der Waals surface area contributed by atoms with E-state index in [9.17, 15) is 9.50 Å². The van der Waals surface area contributed by atoms with Crippen molar-refractivity contribution in [3.8, 4) is 5.75 Å². The van der Waals surface area contributed by atoms with Gasteiger partial charge in [0.1, 0.15) is 0 Å². The van der Waals surface area contributed by atoms with E-state index in [1.165, 1.54) is 13.2 Å². The molecule has 0 unspecified atom stereocenters. The van der Waals surface area contributed by atoms with Crippen LogP contribution in [0.5, 0.6) is 5.75 Å². The summed E-state index contributed by atoms with van der Waals surface area (Å²) in [4.78, 5) is 0. The van der Waals surface area contributed by atoms with Crippen LogP contribution in [0.4, 0.5) is 4.39 Å². The zero-order valence-corrected chi connectivity index (χ0v) is 11.1. The van der Waals surface area contributed by atoms with E-state index in [4.69, 9.17) is 9.47 Å². The van der Waals surface area contributed by atoms with Gasteiger partial charge in [-0.1, -0.05) is 6.07 Å². The number of methoxy groups -OCH3 is 1. The molecule has 2 rings (SSSR count). The number of hydrogen-bond acceptors (Lipinski definition) is 4. The lowest BCUT2D eigenvalue weighted by molar-refractivity contribution is -0.0617. The standard InChI is InChI=1S/C14H20FNO3/c1-18-13-3-2-11(8-12(13)15)9-16-10-14(17)4-6-19-7-5-14/h2-3,8,16-17H,4-7,9-10H2,1H3. The van der Waals surface area contributed by atoms with E-state index in [-0.39, 0.29) is 11.6 Å². The Bertz CT molecular complexity index is 419. The maximum Gasteiger partial charge on any atom is 0.165 e. The summed E-state index contributed by atoms with van der Waals surface area (Å²) < 4.78 is 23.6. The Labute approximate surface area is 112 Å². The van der Waals surface area contributed by atoms with Crippen LogP contribution >= 0.6 is 0 Å². The van der Waals surface area contributed by atoms with Crippen molar-refractivity contribution in [1.29, 1.82) is 0 Å². The predicted octanol–water partition coefficient (Wildman–Crippen LogP) is 1.47. The van der Waals surface area contributed by atoms with Gasteiger partial charge >= 0.3 is 0 Å². The van der Waals surface area contributed by atoms with Gasteiger partial charge in [-0.3, -0.25) is 0 Å². The van der Waals surface area contributed by atoms with Crippen LogP contribution < -0.4 is 10.1 Å². The molecule has 2 N–H and O–H groups in total. The zero-order valence-electron chi connectivity index (χ0n) is 11.1. The molecule has 4 nitrogen and oxygen atoms in total. The lowest BCUT2D eigenvalue weighted by Gasteiger charge is -2.32. The van der Waals surface area contributed by atoms with Gasteiger partial charge in [0.25, 0.3) is 0 Å². The average molecular weight is 269 g/mol. The highest BCUT2D eigenvalue weighted by Gasteiger charge is 2.29. The first kappa shape index (κ1) is 14.2. The first-order valence-electron chi connectivity index (χ1n) is 6.46. The molecule has 0 bridgehead atoms. The van der Waals surface area contributed by atoms with Crippen molar-refractivity contribution >= 4 is 0 Å². The monoisotopic (exact) mass is 269 g/mol. The molecule has 0 amide bonds.